The summed E-state index contributed by atoms with van der Waals surface area (Å²) in [5.74, 6) is -0.268. The Bertz CT molecular complexity index is 282. The average molecular weight is 257 g/mol. The number of nitrogens with one attached hydrogen (secondary N) is 2. The molecule has 0 aliphatic carbocycles. The Morgan fingerprint density at radius 1 is 1.22 bits per heavy atom. The number of nitrogens with two attached hydrogens (primary N) is 1. The van der Waals surface area contributed by atoms with Crippen molar-refractivity contribution in [3.8, 4) is 0 Å². The van der Waals surface area contributed by atoms with Gasteiger partial charge in [-0.25, -0.2) is 0 Å². The molecule has 2 unspecified atom stereocenters. The summed E-state index contributed by atoms with van der Waals surface area (Å²) in [5.41, 5.74) is 5.32. The molecular weight excluding hydrogens is 230 g/mol. The van der Waals surface area contributed by atoms with Gasteiger partial charge in [-0.3, -0.25) is 9.59 Å². The molecule has 0 fully saturated rings. The molecule has 0 aromatic heterocycles. The first-order valence-electron chi connectivity index (χ1n) is 6.49. The molecule has 0 aliphatic heterocycles. The van der Waals surface area contributed by atoms with Crippen LogP contribution in [0.15, 0.2) is 0 Å². The smallest absolute Gasteiger partial charge is 0.242 e. The molecule has 0 aromatic carbocycles. The zero-order valence-electron chi connectivity index (χ0n) is 12.2. The summed E-state index contributed by atoms with van der Waals surface area (Å²) in [4.78, 5) is 23.3. The van der Waals surface area contributed by atoms with Crippen molar-refractivity contribution in [3.63, 3.8) is 0 Å². The Morgan fingerprint density at radius 2 is 1.78 bits per heavy atom. The van der Waals surface area contributed by atoms with Crippen LogP contribution in [0.3, 0.4) is 0 Å². The third-order valence-corrected chi connectivity index (χ3v) is 2.33. The Morgan fingerprint density at radius 3 is 2.22 bits per heavy atom. The lowest BCUT2D eigenvalue weighted by atomic mass is 10.1. The minimum Gasteiger partial charge on any atom is -0.350 e. The van der Waals surface area contributed by atoms with Gasteiger partial charge in [-0.05, 0) is 47.5 Å². The van der Waals surface area contributed by atoms with Crippen LogP contribution in [0.5, 0.6) is 0 Å². The second kappa shape index (κ2) is 7.36. The van der Waals surface area contributed by atoms with E-state index in [1.807, 2.05) is 27.7 Å². The summed E-state index contributed by atoms with van der Waals surface area (Å²) in [6, 6.07) is -0.397. The molecule has 2 amide bonds. The monoisotopic (exact) mass is 257 g/mol. The summed E-state index contributed by atoms with van der Waals surface area (Å²) >= 11 is 0. The first-order chi connectivity index (χ1) is 8.11. The first-order valence-corrected chi connectivity index (χ1v) is 6.49. The highest BCUT2D eigenvalue weighted by Gasteiger charge is 2.20. The summed E-state index contributed by atoms with van der Waals surface area (Å²) in [5, 5.41) is 5.51. The van der Waals surface area contributed by atoms with Crippen LogP contribution in [0.4, 0.5) is 0 Å². The lowest BCUT2D eigenvalue weighted by Crippen LogP contribution is -2.50. The second-order valence-corrected chi connectivity index (χ2v) is 5.90. The van der Waals surface area contributed by atoms with Crippen LogP contribution in [-0.2, 0) is 9.59 Å². The average Bonchev–Trinajstić information content (AvgIpc) is 2.13. The molecular formula is C13H27N3O2. The molecule has 5 nitrogen and oxygen atoms in total. The standard InChI is InChI=1S/C13H27N3O2/c1-9(14)7-6-8-11(17)15-10(2)12(18)16-13(3,4)5/h9-10H,6-8,14H2,1-5H3,(H,15,17)(H,16,18). The fourth-order valence-electron chi connectivity index (χ4n) is 1.44. The van der Waals surface area contributed by atoms with Crippen molar-refractivity contribution >= 4 is 11.8 Å². The van der Waals surface area contributed by atoms with E-state index in [1.165, 1.54) is 0 Å². The molecule has 2 atom stereocenters. The highest BCUT2D eigenvalue weighted by Crippen LogP contribution is 2.01. The van der Waals surface area contributed by atoms with Gasteiger partial charge >= 0.3 is 0 Å². The zero-order chi connectivity index (χ0) is 14.3. The normalized spacial score (nSPS) is 14.8. The van der Waals surface area contributed by atoms with Crippen molar-refractivity contribution < 1.29 is 9.59 Å². The molecule has 0 aromatic rings. The van der Waals surface area contributed by atoms with Gasteiger partial charge in [0.15, 0.2) is 0 Å². The summed E-state index contributed by atoms with van der Waals surface area (Å²) in [7, 11) is 0. The maximum Gasteiger partial charge on any atom is 0.242 e. The minimum atomic E-state index is -0.507. The molecule has 0 saturated carbocycles. The summed E-state index contributed by atoms with van der Waals surface area (Å²) < 4.78 is 0. The van der Waals surface area contributed by atoms with E-state index in [0.29, 0.717) is 6.42 Å². The number of rotatable bonds is 6. The van der Waals surface area contributed by atoms with Crippen molar-refractivity contribution in [2.24, 2.45) is 5.73 Å². The molecule has 0 heterocycles. The number of carbonyl (C=O) groups is 2. The van der Waals surface area contributed by atoms with Gasteiger partial charge < -0.3 is 16.4 Å². The Balaban J connectivity index is 3.96. The van der Waals surface area contributed by atoms with Gasteiger partial charge in [0.1, 0.15) is 6.04 Å². The van der Waals surface area contributed by atoms with Crippen LogP contribution in [0.1, 0.15) is 53.9 Å². The fraction of sp³-hybridized carbons (Fsp3) is 0.846. The van der Waals surface area contributed by atoms with E-state index in [2.05, 4.69) is 10.6 Å². The number of amides is 2. The molecule has 0 rings (SSSR count). The van der Waals surface area contributed by atoms with E-state index in [9.17, 15) is 9.59 Å². The quantitative estimate of drug-likeness (QED) is 0.661. The van der Waals surface area contributed by atoms with Gasteiger partial charge in [-0.15, -0.1) is 0 Å². The molecule has 5 heteroatoms. The maximum atomic E-state index is 11.7. The third-order valence-electron chi connectivity index (χ3n) is 2.33. The van der Waals surface area contributed by atoms with Crippen LogP contribution >= 0.6 is 0 Å². The Labute approximate surface area is 110 Å². The van der Waals surface area contributed by atoms with Gasteiger partial charge in [0, 0.05) is 18.0 Å². The van der Waals surface area contributed by atoms with Gasteiger partial charge in [0.2, 0.25) is 11.8 Å². The van der Waals surface area contributed by atoms with E-state index in [0.717, 1.165) is 12.8 Å². The third kappa shape index (κ3) is 8.98. The van der Waals surface area contributed by atoms with E-state index in [-0.39, 0.29) is 23.4 Å². The van der Waals surface area contributed by atoms with Crippen LogP contribution in [0.25, 0.3) is 0 Å². The predicted octanol–water partition coefficient (Wildman–Crippen LogP) is 0.923. The summed E-state index contributed by atoms with van der Waals surface area (Å²) in [6.07, 6.45) is 1.97. The van der Waals surface area contributed by atoms with E-state index < -0.39 is 6.04 Å². The highest BCUT2D eigenvalue weighted by molar-refractivity contribution is 5.87. The van der Waals surface area contributed by atoms with Gasteiger partial charge in [0.05, 0.1) is 0 Å². The van der Waals surface area contributed by atoms with Crippen molar-refractivity contribution in [2.75, 3.05) is 0 Å². The largest absolute Gasteiger partial charge is 0.350 e. The van der Waals surface area contributed by atoms with Crippen molar-refractivity contribution in [1.29, 1.82) is 0 Å². The van der Waals surface area contributed by atoms with Crippen LogP contribution in [0.2, 0.25) is 0 Å². The molecule has 0 radical (unpaired) electrons. The van der Waals surface area contributed by atoms with E-state index >= 15 is 0 Å². The van der Waals surface area contributed by atoms with Crippen LogP contribution in [0, 0.1) is 0 Å². The lowest BCUT2D eigenvalue weighted by molar-refractivity contribution is -0.129. The SMILES string of the molecule is CC(N)CCCC(=O)NC(C)C(=O)NC(C)(C)C. The van der Waals surface area contributed by atoms with Crippen LogP contribution < -0.4 is 16.4 Å². The fourth-order valence-corrected chi connectivity index (χ4v) is 1.44. The Hall–Kier alpha value is -1.10. The van der Waals surface area contributed by atoms with Gasteiger partial charge in [-0.2, -0.15) is 0 Å². The molecule has 0 spiro atoms. The predicted molar refractivity (Wildman–Crippen MR) is 73.0 cm³/mol. The maximum absolute atomic E-state index is 11.7. The summed E-state index contributed by atoms with van der Waals surface area (Å²) in [6.45, 7) is 9.31. The lowest BCUT2D eigenvalue weighted by Gasteiger charge is -2.23. The number of hydrogen-bond donors (Lipinski definition) is 3. The molecule has 106 valence electrons. The topological polar surface area (TPSA) is 84.2 Å². The van der Waals surface area contributed by atoms with Crippen molar-refractivity contribution in [2.45, 2.75) is 71.5 Å². The van der Waals surface area contributed by atoms with Gasteiger partial charge in [-0.1, -0.05) is 0 Å². The number of carbonyl (C=O) groups excluding carboxylic acids is 2. The molecule has 0 saturated heterocycles. The number of hydrogen-bond acceptors (Lipinski definition) is 3. The van der Waals surface area contributed by atoms with Gasteiger partial charge in [0.25, 0.3) is 0 Å². The van der Waals surface area contributed by atoms with E-state index in [1.54, 1.807) is 6.92 Å². The minimum absolute atomic E-state index is 0.104. The van der Waals surface area contributed by atoms with E-state index in [4.69, 9.17) is 5.73 Å². The zero-order valence-corrected chi connectivity index (χ0v) is 12.2. The molecule has 4 N–H and O–H groups in total. The second-order valence-electron chi connectivity index (χ2n) is 5.90. The van der Waals surface area contributed by atoms with Crippen molar-refractivity contribution in [1.82, 2.24) is 10.6 Å². The molecule has 0 aliphatic rings. The first kappa shape index (κ1) is 16.9. The van der Waals surface area contributed by atoms with Crippen LogP contribution in [-0.4, -0.2) is 29.4 Å². The molecule has 0 bridgehead atoms. The van der Waals surface area contributed by atoms with Crippen molar-refractivity contribution in [3.05, 3.63) is 0 Å². The molecule has 18 heavy (non-hydrogen) atoms. The highest BCUT2D eigenvalue weighted by atomic mass is 16.2. The Kier molecular flexibility index (Phi) is 6.91.